The lowest BCUT2D eigenvalue weighted by Gasteiger charge is -2.15. The minimum absolute atomic E-state index is 0.155. The van der Waals surface area contributed by atoms with E-state index in [9.17, 15) is 9.59 Å². The monoisotopic (exact) mass is 340 g/mol. The lowest BCUT2D eigenvalue weighted by Crippen LogP contribution is -2.18. The van der Waals surface area contributed by atoms with Crippen molar-refractivity contribution in [2.75, 3.05) is 19.0 Å². The van der Waals surface area contributed by atoms with Gasteiger partial charge < -0.3 is 9.88 Å². The van der Waals surface area contributed by atoms with Crippen molar-refractivity contribution in [3.8, 4) is 11.1 Å². The number of nitrogens with one attached hydrogen (secondary N) is 1. The van der Waals surface area contributed by atoms with E-state index in [1.54, 1.807) is 18.2 Å². The number of anilines is 1. The van der Waals surface area contributed by atoms with Crippen LogP contribution in [0.1, 0.15) is 17.3 Å². The quantitative estimate of drug-likeness (QED) is 0.730. The zero-order valence-corrected chi connectivity index (χ0v) is 14.4. The number of H-pyrrole nitrogens is 1. The molecule has 0 radical (unpaired) electrons. The molecule has 4 nitrogen and oxygen atoms in total. The summed E-state index contributed by atoms with van der Waals surface area (Å²) in [6.07, 6.45) is 0. The van der Waals surface area contributed by atoms with Gasteiger partial charge in [0.1, 0.15) is 0 Å². The van der Waals surface area contributed by atoms with Gasteiger partial charge in [0.05, 0.1) is 5.56 Å². The summed E-state index contributed by atoms with van der Waals surface area (Å²) in [5, 5.41) is 1.31. The lowest BCUT2D eigenvalue weighted by molar-refractivity contribution is 0.101. The van der Waals surface area contributed by atoms with E-state index < -0.39 is 0 Å². The summed E-state index contributed by atoms with van der Waals surface area (Å²) in [7, 11) is 3.91. The molecule has 1 heterocycles. The second-order valence-electron chi connectivity index (χ2n) is 5.89. The molecule has 0 saturated heterocycles. The van der Waals surface area contributed by atoms with Gasteiger partial charge in [-0.1, -0.05) is 23.7 Å². The molecule has 1 N–H and O–H groups in total. The Morgan fingerprint density at radius 3 is 2.33 bits per heavy atom. The number of benzene rings is 2. The van der Waals surface area contributed by atoms with Crippen LogP contribution in [-0.4, -0.2) is 24.9 Å². The molecule has 3 rings (SSSR count). The third kappa shape index (κ3) is 2.81. The van der Waals surface area contributed by atoms with Gasteiger partial charge in [0.25, 0.3) is 5.56 Å². The number of carbonyl (C=O) groups excluding carboxylic acids is 1. The highest BCUT2D eigenvalue weighted by Crippen LogP contribution is 2.32. The van der Waals surface area contributed by atoms with Crippen molar-refractivity contribution in [3.63, 3.8) is 0 Å². The lowest BCUT2D eigenvalue weighted by atomic mass is 9.94. The van der Waals surface area contributed by atoms with E-state index in [1.807, 2.05) is 43.3 Å². The molecule has 0 aliphatic heterocycles. The molecule has 0 atom stereocenters. The van der Waals surface area contributed by atoms with Crippen LogP contribution >= 0.6 is 11.6 Å². The van der Waals surface area contributed by atoms with Crippen molar-refractivity contribution in [2.24, 2.45) is 0 Å². The van der Waals surface area contributed by atoms with Crippen molar-refractivity contribution in [3.05, 3.63) is 63.4 Å². The fraction of sp³-hybridized carbons (Fsp3) is 0.158. The van der Waals surface area contributed by atoms with Gasteiger partial charge in [0, 0.05) is 41.3 Å². The number of carbonyl (C=O) groups is 1. The zero-order valence-electron chi connectivity index (χ0n) is 13.7. The number of ketones is 1. The van der Waals surface area contributed by atoms with Gasteiger partial charge in [0.2, 0.25) is 0 Å². The number of halogens is 1. The Labute approximate surface area is 144 Å². The molecule has 0 spiro atoms. The predicted octanol–water partition coefficient (Wildman–Crippen LogP) is 4.12. The van der Waals surface area contributed by atoms with Gasteiger partial charge >= 0.3 is 0 Å². The van der Waals surface area contributed by atoms with E-state index in [4.69, 9.17) is 11.6 Å². The van der Waals surface area contributed by atoms with E-state index in [2.05, 4.69) is 4.98 Å². The fourth-order valence-corrected chi connectivity index (χ4v) is 3.00. The minimum atomic E-state index is -0.385. The van der Waals surface area contributed by atoms with Gasteiger partial charge in [-0.3, -0.25) is 9.59 Å². The van der Waals surface area contributed by atoms with Crippen molar-refractivity contribution in [1.29, 1.82) is 0 Å². The van der Waals surface area contributed by atoms with Gasteiger partial charge in [-0.2, -0.15) is 0 Å². The Hall–Kier alpha value is -2.59. The molecule has 0 aliphatic carbocycles. The third-order valence-electron chi connectivity index (χ3n) is 4.00. The maximum atomic E-state index is 12.4. The van der Waals surface area contributed by atoms with Crippen LogP contribution < -0.4 is 10.5 Å². The largest absolute Gasteiger partial charge is 0.378 e. The number of fused-ring (bicyclic) bond motifs is 1. The maximum absolute atomic E-state index is 12.4. The predicted molar refractivity (Wildman–Crippen MR) is 99.3 cm³/mol. The summed E-state index contributed by atoms with van der Waals surface area (Å²) >= 11 is 6.13. The number of rotatable bonds is 3. The van der Waals surface area contributed by atoms with Crippen LogP contribution in [0.3, 0.4) is 0 Å². The Morgan fingerprint density at radius 2 is 1.75 bits per heavy atom. The maximum Gasteiger partial charge on any atom is 0.259 e. The first kappa shape index (κ1) is 16.3. The van der Waals surface area contributed by atoms with Crippen molar-refractivity contribution < 1.29 is 4.79 Å². The van der Waals surface area contributed by atoms with Crippen LogP contribution in [0.2, 0.25) is 5.02 Å². The topological polar surface area (TPSA) is 53.2 Å². The van der Waals surface area contributed by atoms with Crippen LogP contribution in [0.5, 0.6) is 0 Å². The summed E-state index contributed by atoms with van der Waals surface area (Å²) in [5.41, 5.74) is 2.89. The standard InChI is InChI=1S/C19H17ClN2O2/c1-11(23)17-18(12-4-7-14(8-5-12)22(2)3)15-10-13(20)6-9-16(15)21-19(17)24/h4-10H,1-3H3,(H,21,24). The number of aromatic nitrogens is 1. The molecule has 0 bridgehead atoms. The molecule has 0 saturated carbocycles. The van der Waals surface area contributed by atoms with Gasteiger partial charge in [-0.25, -0.2) is 0 Å². The first-order valence-electron chi connectivity index (χ1n) is 7.52. The minimum Gasteiger partial charge on any atom is -0.378 e. The van der Waals surface area contributed by atoms with E-state index in [-0.39, 0.29) is 16.9 Å². The zero-order chi connectivity index (χ0) is 17.4. The third-order valence-corrected chi connectivity index (χ3v) is 4.24. The molecule has 24 heavy (non-hydrogen) atoms. The average Bonchev–Trinajstić information content (AvgIpc) is 2.54. The molecule has 0 aliphatic rings. The second kappa shape index (κ2) is 6.13. The highest BCUT2D eigenvalue weighted by Gasteiger charge is 2.18. The SMILES string of the molecule is CC(=O)c1c(-c2ccc(N(C)C)cc2)c2cc(Cl)ccc2[nH]c1=O. The Bertz CT molecular complexity index is 989. The first-order valence-corrected chi connectivity index (χ1v) is 7.90. The average molecular weight is 341 g/mol. The number of Topliss-reactive ketones (excluding diaryl/α,β-unsaturated/α-hetero) is 1. The van der Waals surface area contributed by atoms with E-state index >= 15 is 0 Å². The summed E-state index contributed by atoms with van der Waals surface area (Å²) in [4.78, 5) is 29.3. The Balaban J connectivity index is 2.39. The molecule has 0 amide bonds. The van der Waals surface area contributed by atoms with Crippen molar-refractivity contribution in [1.82, 2.24) is 4.98 Å². The number of hydrogen-bond donors (Lipinski definition) is 1. The van der Waals surface area contributed by atoms with Crippen LogP contribution in [0, 0.1) is 0 Å². The van der Waals surface area contributed by atoms with Crippen LogP contribution in [0.25, 0.3) is 22.0 Å². The number of hydrogen-bond acceptors (Lipinski definition) is 3. The Kier molecular flexibility index (Phi) is 4.16. The number of nitrogens with zero attached hydrogens (tertiary/aromatic N) is 1. The summed E-state index contributed by atoms with van der Waals surface area (Å²) < 4.78 is 0. The second-order valence-corrected chi connectivity index (χ2v) is 6.33. The van der Waals surface area contributed by atoms with E-state index in [0.29, 0.717) is 16.1 Å². The molecule has 3 aromatic rings. The van der Waals surface area contributed by atoms with E-state index in [1.165, 1.54) is 6.92 Å². The smallest absolute Gasteiger partial charge is 0.259 e. The number of pyridine rings is 1. The summed E-state index contributed by atoms with van der Waals surface area (Å²) in [6.45, 7) is 1.40. The summed E-state index contributed by atoms with van der Waals surface area (Å²) in [6, 6.07) is 13.0. The normalized spacial score (nSPS) is 10.8. The molecule has 0 fully saturated rings. The summed E-state index contributed by atoms with van der Waals surface area (Å²) in [5.74, 6) is -0.273. The van der Waals surface area contributed by atoms with Crippen LogP contribution in [-0.2, 0) is 0 Å². The molecule has 2 aromatic carbocycles. The highest BCUT2D eigenvalue weighted by atomic mass is 35.5. The molecular formula is C19H17ClN2O2. The molecule has 1 aromatic heterocycles. The van der Waals surface area contributed by atoms with Gasteiger partial charge in [0.15, 0.2) is 5.78 Å². The fourth-order valence-electron chi connectivity index (χ4n) is 2.83. The van der Waals surface area contributed by atoms with Crippen LogP contribution in [0.15, 0.2) is 47.3 Å². The molecular weight excluding hydrogens is 324 g/mol. The van der Waals surface area contributed by atoms with Crippen molar-refractivity contribution >= 4 is 34.0 Å². The van der Waals surface area contributed by atoms with Crippen LogP contribution in [0.4, 0.5) is 5.69 Å². The highest BCUT2D eigenvalue weighted by molar-refractivity contribution is 6.31. The van der Waals surface area contributed by atoms with Gasteiger partial charge in [-0.15, -0.1) is 0 Å². The molecule has 122 valence electrons. The number of aromatic amines is 1. The van der Waals surface area contributed by atoms with E-state index in [0.717, 1.165) is 16.6 Å². The molecule has 0 unspecified atom stereocenters. The molecule has 5 heteroatoms. The van der Waals surface area contributed by atoms with Gasteiger partial charge in [-0.05, 0) is 42.8 Å². The Morgan fingerprint density at radius 1 is 1.08 bits per heavy atom. The first-order chi connectivity index (χ1) is 11.4. The van der Waals surface area contributed by atoms with Crippen molar-refractivity contribution in [2.45, 2.75) is 6.92 Å².